The highest BCUT2D eigenvalue weighted by molar-refractivity contribution is 5.95. The number of hydrogen-bond acceptors (Lipinski definition) is 5. The van der Waals surface area contributed by atoms with Gasteiger partial charge in [0.1, 0.15) is 12.1 Å². The van der Waals surface area contributed by atoms with Crippen LogP contribution in [0.3, 0.4) is 0 Å². The van der Waals surface area contributed by atoms with Crippen LogP contribution in [0.25, 0.3) is 11.1 Å². The third kappa shape index (κ3) is 11.1. The summed E-state index contributed by atoms with van der Waals surface area (Å²) in [6, 6.07) is 22.8. The van der Waals surface area contributed by atoms with Gasteiger partial charge in [0, 0.05) is 51.4 Å². The van der Waals surface area contributed by atoms with Gasteiger partial charge in [0.2, 0.25) is 17.7 Å². The van der Waals surface area contributed by atoms with Crippen LogP contribution < -0.4 is 10.6 Å². The van der Waals surface area contributed by atoms with Gasteiger partial charge in [0.15, 0.2) is 11.6 Å². The number of rotatable bonds is 16. The minimum absolute atomic E-state index is 0.0737. The molecule has 0 unspecified atom stereocenters. The molecule has 2 atom stereocenters. The summed E-state index contributed by atoms with van der Waals surface area (Å²) in [6.07, 6.45) is 7.78. The fourth-order valence-corrected chi connectivity index (χ4v) is 5.59. The number of nitrogens with zero attached hydrogens (tertiary/aromatic N) is 3. The minimum Gasteiger partial charge on any atom is -0.354 e. The second-order valence-electron chi connectivity index (χ2n) is 13.3. The molecule has 3 amide bonds. The molecule has 4 aromatic rings. The topological polar surface area (TPSA) is 94.6 Å². The zero-order chi connectivity index (χ0) is 37.0. The fraction of sp³-hybridized carbons (Fsp3) is 0.317. The molecule has 268 valence electrons. The van der Waals surface area contributed by atoms with Crippen LogP contribution in [-0.2, 0) is 33.6 Å². The van der Waals surface area contributed by atoms with Crippen LogP contribution in [0.15, 0.2) is 109 Å². The Hall–Kier alpha value is -5.22. The van der Waals surface area contributed by atoms with Crippen molar-refractivity contribution in [2.45, 2.75) is 57.2 Å². The van der Waals surface area contributed by atoms with Gasteiger partial charge in [-0.15, -0.1) is 0 Å². The van der Waals surface area contributed by atoms with Gasteiger partial charge >= 0.3 is 0 Å². The van der Waals surface area contributed by atoms with Crippen molar-refractivity contribution in [1.29, 1.82) is 0 Å². The molecule has 0 spiro atoms. The first-order valence-electron chi connectivity index (χ1n) is 17.0. The highest BCUT2D eigenvalue weighted by Crippen LogP contribution is 2.22. The van der Waals surface area contributed by atoms with E-state index < -0.39 is 35.5 Å². The van der Waals surface area contributed by atoms with Crippen LogP contribution in [0.2, 0.25) is 0 Å². The van der Waals surface area contributed by atoms with Gasteiger partial charge in [-0.1, -0.05) is 66.7 Å². The van der Waals surface area contributed by atoms with Gasteiger partial charge in [-0.25, -0.2) is 8.78 Å². The number of hydrogen-bond donors (Lipinski definition) is 2. The van der Waals surface area contributed by atoms with E-state index in [4.69, 9.17) is 0 Å². The highest BCUT2D eigenvalue weighted by atomic mass is 19.2. The molecule has 0 fully saturated rings. The smallest absolute Gasteiger partial charge is 0.246 e. The molecule has 8 nitrogen and oxygen atoms in total. The number of carbonyl (C=O) groups is 3. The Balaban J connectivity index is 1.62. The average molecular weight is 696 g/mol. The Morgan fingerprint density at radius 2 is 1.41 bits per heavy atom. The number of likely N-dealkylation sites (N-methyl/N-ethyl adjacent to an activating group) is 2. The third-order valence-electron chi connectivity index (χ3n) is 9.15. The molecule has 4 rings (SSSR count). The van der Waals surface area contributed by atoms with Gasteiger partial charge in [0.05, 0.1) is 0 Å². The highest BCUT2D eigenvalue weighted by Gasteiger charge is 2.35. The van der Waals surface area contributed by atoms with Gasteiger partial charge in [-0.3, -0.25) is 19.4 Å². The summed E-state index contributed by atoms with van der Waals surface area (Å²) in [7, 11) is 4.93. The molecule has 2 N–H and O–H groups in total. The maximum atomic E-state index is 14.5. The summed E-state index contributed by atoms with van der Waals surface area (Å²) < 4.78 is 28.1. The van der Waals surface area contributed by atoms with Crippen LogP contribution in [0.5, 0.6) is 0 Å². The Bertz CT molecular complexity index is 1780. The number of amides is 3. The Morgan fingerprint density at radius 1 is 0.784 bits per heavy atom. The summed E-state index contributed by atoms with van der Waals surface area (Å²) in [5.41, 5.74) is 3.96. The van der Waals surface area contributed by atoms with Gasteiger partial charge < -0.3 is 20.4 Å². The molecule has 0 saturated carbocycles. The summed E-state index contributed by atoms with van der Waals surface area (Å²) >= 11 is 0. The molecule has 0 bridgehead atoms. The van der Waals surface area contributed by atoms with E-state index in [9.17, 15) is 23.2 Å². The standard InChI is InChI=1S/C41H47F2N5O3/c1-41(2,44-3)22-9-12-38(49)47(4)37(27-30-13-16-33(17-14-30)32-10-7-6-8-11-32)40(51)48(5)36(28-31-15-18-34(42)35(43)26-31)39(50)46-25-21-29-19-23-45-24-20-29/h6-20,23-24,26,36-37,44H,21-22,25,27-28H2,1-5H3,(H,46,50)/b12-9+/t36-,37-/m1/s1. The van der Waals surface area contributed by atoms with E-state index >= 15 is 0 Å². The summed E-state index contributed by atoms with van der Waals surface area (Å²) in [6.45, 7) is 4.31. The molecule has 1 aromatic heterocycles. The van der Waals surface area contributed by atoms with Crippen LogP contribution in [0.4, 0.5) is 8.78 Å². The number of aromatic nitrogens is 1. The fourth-order valence-electron chi connectivity index (χ4n) is 5.59. The summed E-state index contributed by atoms with van der Waals surface area (Å²) in [5, 5.41) is 6.10. The zero-order valence-electron chi connectivity index (χ0n) is 29.9. The Kier molecular flexibility index (Phi) is 13.7. The number of carbonyl (C=O) groups excluding carboxylic acids is 3. The van der Waals surface area contributed by atoms with E-state index in [1.54, 1.807) is 25.5 Å². The maximum absolute atomic E-state index is 14.5. The Morgan fingerprint density at radius 3 is 2.06 bits per heavy atom. The van der Waals surface area contributed by atoms with Crippen molar-refractivity contribution in [2.75, 3.05) is 27.7 Å². The number of halogens is 2. The van der Waals surface area contributed by atoms with Crippen molar-refractivity contribution in [3.63, 3.8) is 0 Å². The van der Waals surface area contributed by atoms with Crippen molar-refractivity contribution in [3.05, 3.63) is 138 Å². The molecule has 51 heavy (non-hydrogen) atoms. The number of pyridine rings is 1. The van der Waals surface area contributed by atoms with E-state index in [0.29, 0.717) is 18.4 Å². The van der Waals surface area contributed by atoms with E-state index in [0.717, 1.165) is 34.4 Å². The van der Waals surface area contributed by atoms with E-state index in [1.807, 2.05) is 87.6 Å². The lowest BCUT2D eigenvalue weighted by Gasteiger charge is -2.34. The van der Waals surface area contributed by atoms with Crippen LogP contribution >= 0.6 is 0 Å². The second kappa shape index (κ2) is 18.1. The molecular weight excluding hydrogens is 648 g/mol. The molecule has 10 heteroatoms. The molecule has 0 radical (unpaired) electrons. The first-order chi connectivity index (χ1) is 24.4. The van der Waals surface area contributed by atoms with Crippen LogP contribution in [-0.4, -0.2) is 77.8 Å². The SMILES string of the molecule is CNC(C)(C)C/C=C/C(=O)N(C)[C@H](Cc1ccc(-c2ccccc2)cc1)C(=O)N(C)[C@H](Cc1ccc(F)c(F)c1)C(=O)NCCc1ccncc1. The van der Waals surface area contributed by atoms with Crippen LogP contribution in [0, 0.1) is 11.6 Å². The third-order valence-corrected chi connectivity index (χ3v) is 9.15. The number of nitrogens with one attached hydrogen (secondary N) is 2. The molecule has 3 aromatic carbocycles. The molecule has 0 aliphatic heterocycles. The monoisotopic (exact) mass is 695 g/mol. The van der Waals surface area contributed by atoms with Crippen molar-refractivity contribution in [2.24, 2.45) is 0 Å². The summed E-state index contributed by atoms with van der Waals surface area (Å²) in [5.74, 6) is -3.36. The quantitative estimate of drug-likeness (QED) is 0.145. The van der Waals surface area contributed by atoms with Gasteiger partial charge in [-0.2, -0.15) is 0 Å². The Labute approximate surface area is 299 Å². The zero-order valence-corrected chi connectivity index (χ0v) is 29.9. The van der Waals surface area contributed by atoms with Crippen molar-refractivity contribution < 1.29 is 23.2 Å². The summed E-state index contributed by atoms with van der Waals surface area (Å²) in [4.78, 5) is 48.5. The first-order valence-corrected chi connectivity index (χ1v) is 17.0. The lowest BCUT2D eigenvalue weighted by molar-refractivity contribution is -0.146. The van der Waals surface area contributed by atoms with Gasteiger partial charge in [0.25, 0.3) is 0 Å². The van der Waals surface area contributed by atoms with E-state index in [2.05, 4.69) is 15.6 Å². The predicted octanol–water partition coefficient (Wildman–Crippen LogP) is 5.77. The number of benzene rings is 3. The molecule has 0 aliphatic carbocycles. The minimum atomic E-state index is -1.08. The molecular formula is C41H47F2N5O3. The lowest BCUT2D eigenvalue weighted by Crippen LogP contribution is -2.56. The first kappa shape index (κ1) is 38.6. The van der Waals surface area contributed by atoms with Crippen molar-refractivity contribution >= 4 is 17.7 Å². The lowest BCUT2D eigenvalue weighted by atomic mass is 9.98. The average Bonchev–Trinajstić information content (AvgIpc) is 3.14. The van der Waals surface area contributed by atoms with Crippen molar-refractivity contribution in [1.82, 2.24) is 25.4 Å². The van der Waals surface area contributed by atoms with Gasteiger partial charge in [-0.05, 0) is 91.9 Å². The van der Waals surface area contributed by atoms with Crippen LogP contribution in [0.1, 0.15) is 37.0 Å². The molecule has 1 heterocycles. The normalized spacial score (nSPS) is 12.7. The largest absolute Gasteiger partial charge is 0.354 e. The molecule has 0 saturated heterocycles. The molecule has 0 aliphatic rings. The maximum Gasteiger partial charge on any atom is 0.246 e. The second-order valence-corrected chi connectivity index (χ2v) is 13.3. The van der Waals surface area contributed by atoms with E-state index in [1.165, 1.54) is 29.0 Å². The predicted molar refractivity (Wildman–Crippen MR) is 197 cm³/mol. The van der Waals surface area contributed by atoms with Crippen molar-refractivity contribution in [3.8, 4) is 11.1 Å². The van der Waals surface area contributed by atoms with E-state index in [-0.39, 0.29) is 30.8 Å².